The highest BCUT2D eigenvalue weighted by Gasteiger charge is 2.17. The van der Waals surface area contributed by atoms with Crippen molar-refractivity contribution in [3.63, 3.8) is 0 Å². The minimum absolute atomic E-state index is 0.0322. The molecule has 2 aromatic carbocycles. The van der Waals surface area contributed by atoms with Crippen LogP contribution in [0.3, 0.4) is 0 Å². The molecule has 0 spiro atoms. The first-order chi connectivity index (χ1) is 13.0. The van der Waals surface area contributed by atoms with Gasteiger partial charge >= 0.3 is 0 Å². The number of carbonyl (C=O) groups is 2. The highest BCUT2D eigenvalue weighted by atomic mass is 16.5. The lowest BCUT2D eigenvalue weighted by Crippen LogP contribution is -2.35. The number of H-pyrrole nitrogens is 1. The summed E-state index contributed by atoms with van der Waals surface area (Å²) in [5.41, 5.74) is 3.09. The van der Waals surface area contributed by atoms with Gasteiger partial charge < -0.3 is 19.9 Å². The maximum absolute atomic E-state index is 12.7. The van der Waals surface area contributed by atoms with Crippen LogP contribution in [-0.2, 0) is 11.2 Å². The first-order valence-electron chi connectivity index (χ1n) is 8.81. The number of aromatic amines is 1. The van der Waals surface area contributed by atoms with Crippen molar-refractivity contribution in [1.82, 2.24) is 9.88 Å². The normalized spacial score (nSPS) is 10.6. The summed E-state index contributed by atoms with van der Waals surface area (Å²) in [4.78, 5) is 29.5. The van der Waals surface area contributed by atoms with Crippen molar-refractivity contribution in [3.8, 4) is 5.75 Å². The summed E-state index contributed by atoms with van der Waals surface area (Å²) in [7, 11) is 3.21. The van der Waals surface area contributed by atoms with Gasteiger partial charge in [0, 0.05) is 29.7 Å². The molecule has 27 heavy (non-hydrogen) atoms. The summed E-state index contributed by atoms with van der Waals surface area (Å²) in [6, 6.07) is 15.0. The molecule has 2 N–H and O–H groups in total. The smallest absolute Gasteiger partial charge is 0.270 e. The van der Waals surface area contributed by atoms with Gasteiger partial charge in [-0.2, -0.15) is 0 Å². The van der Waals surface area contributed by atoms with E-state index in [4.69, 9.17) is 4.74 Å². The molecule has 0 saturated heterocycles. The van der Waals surface area contributed by atoms with Crippen LogP contribution >= 0.6 is 0 Å². The van der Waals surface area contributed by atoms with E-state index in [0.717, 1.165) is 28.6 Å². The van der Waals surface area contributed by atoms with Gasteiger partial charge in [-0.15, -0.1) is 0 Å². The SMILES string of the molecule is CCc1ccccc1NC(=O)CN(C)C(=O)c1cc2ccc(OC)cc2[nH]1. The van der Waals surface area contributed by atoms with E-state index in [1.54, 1.807) is 20.2 Å². The Morgan fingerprint density at radius 2 is 1.93 bits per heavy atom. The highest BCUT2D eigenvalue weighted by Crippen LogP contribution is 2.22. The molecule has 0 fully saturated rings. The Labute approximate surface area is 158 Å². The molecule has 0 aliphatic heterocycles. The fourth-order valence-corrected chi connectivity index (χ4v) is 2.98. The fourth-order valence-electron chi connectivity index (χ4n) is 2.98. The largest absolute Gasteiger partial charge is 0.497 e. The number of anilines is 1. The number of aryl methyl sites for hydroxylation is 1. The third-order valence-corrected chi connectivity index (χ3v) is 4.46. The third-order valence-electron chi connectivity index (χ3n) is 4.46. The molecule has 1 heterocycles. The second kappa shape index (κ2) is 7.95. The number of nitrogens with zero attached hydrogens (tertiary/aromatic N) is 1. The molecule has 0 aliphatic carbocycles. The number of aromatic nitrogens is 1. The number of amides is 2. The molecule has 3 rings (SSSR count). The Morgan fingerprint density at radius 3 is 2.67 bits per heavy atom. The zero-order valence-corrected chi connectivity index (χ0v) is 15.7. The van der Waals surface area contributed by atoms with Gasteiger partial charge in [-0.25, -0.2) is 0 Å². The molecular weight excluding hydrogens is 342 g/mol. The number of para-hydroxylation sites is 1. The number of likely N-dealkylation sites (N-methyl/N-ethyl adjacent to an activating group) is 1. The van der Waals surface area contributed by atoms with Crippen LogP contribution < -0.4 is 10.1 Å². The van der Waals surface area contributed by atoms with E-state index in [1.807, 2.05) is 49.4 Å². The van der Waals surface area contributed by atoms with Gasteiger partial charge in [0.2, 0.25) is 5.91 Å². The second-order valence-corrected chi connectivity index (χ2v) is 6.36. The lowest BCUT2D eigenvalue weighted by molar-refractivity contribution is -0.116. The fraction of sp³-hybridized carbons (Fsp3) is 0.238. The molecule has 0 aliphatic rings. The molecular formula is C21H23N3O3. The Bertz CT molecular complexity index is 978. The van der Waals surface area contributed by atoms with Gasteiger partial charge in [0.15, 0.2) is 0 Å². The van der Waals surface area contributed by atoms with Crippen LogP contribution in [0.4, 0.5) is 5.69 Å². The number of rotatable bonds is 6. The maximum atomic E-state index is 12.7. The number of methoxy groups -OCH3 is 1. The van der Waals surface area contributed by atoms with Crippen molar-refractivity contribution >= 4 is 28.4 Å². The van der Waals surface area contributed by atoms with Gasteiger partial charge in [-0.3, -0.25) is 9.59 Å². The minimum Gasteiger partial charge on any atom is -0.497 e. The van der Waals surface area contributed by atoms with Gasteiger partial charge in [-0.05, 0) is 36.2 Å². The molecule has 0 saturated carbocycles. The summed E-state index contributed by atoms with van der Waals surface area (Å²) < 4.78 is 5.20. The van der Waals surface area contributed by atoms with E-state index in [-0.39, 0.29) is 18.4 Å². The summed E-state index contributed by atoms with van der Waals surface area (Å²) in [6.45, 7) is 2.00. The van der Waals surface area contributed by atoms with Crippen LogP contribution in [0.25, 0.3) is 10.9 Å². The lowest BCUT2D eigenvalue weighted by atomic mass is 10.1. The standard InChI is InChI=1S/C21H23N3O3/c1-4-14-7-5-6-8-17(14)23-20(25)13-24(2)21(26)19-11-15-9-10-16(27-3)12-18(15)22-19/h5-12,22H,4,13H2,1-3H3,(H,23,25). The molecule has 0 bridgehead atoms. The predicted octanol–water partition coefficient (Wildman–Crippen LogP) is 3.45. The number of hydrogen-bond donors (Lipinski definition) is 2. The second-order valence-electron chi connectivity index (χ2n) is 6.36. The first-order valence-corrected chi connectivity index (χ1v) is 8.81. The molecule has 0 unspecified atom stereocenters. The first kappa shape index (κ1) is 18.5. The Hall–Kier alpha value is -3.28. The number of hydrogen-bond acceptors (Lipinski definition) is 3. The third kappa shape index (κ3) is 4.11. The molecule has 6 heteroatoms. The average molecular weight is 365 g/mol. The van der Waals surface area contributed by atoms with Crippen molar-refractivity contribution in [2.75, 3.05) is 26.0 Å². The lowest BCUT2D eigenvalue weighted by Gasteiger charge is -2.17. The molecule has 140 valence electrons. The minimum atomic E-state index is -0.246. The van der Waals surface area contributed by atoms with Crippen LogP contribution in [0.15, 0.2) is 48.5 Å². The van der Waals surface area contributed by atoms with Gasteiger partial charge in [0.05, 0.1) is 13.7 Å². The summed E-state index contributed by atoms with van der Waals surface area (Å²) in [5.74, 6) is 0.235. The van der Waals surface area contributed by atoms with Crippen LogP contribution in [0, 0.1) is 0 Å². The van der Waals surface area contributed by atoms with E-state index >= 15 is 0 Å². The summed E-state index contributed by atoms with van der Waals surface area (Å²) >= 11 is 0. The number of benzene rings is 2. The molecule has 0 atom stereocenters. The van der Waals surface area contributed by atoms with Crippen LogP contribution in [0.1, 0.15) is 23.0 Å². The molecule has 6 nitrogen and oxygen atoms in total. The van der Waals surface area contributed by atoms with E-state index in [1.165, 1.54) is 4.90 Å². The Kier molecular flexibility index (Phi) is 5.45. The molecule has 3 aromatic rings. The Balaban J connectivity index is 1.69. The van der Waals surface area contributed by atoms with Crippen molar-refractivity contribution in [1.29, 1.82) is 0 Å². The van der Waals surface area contributed by atoms with Gasteiger partial charge in [-0.1, -0.05) is 25.1 Å². The zero-order valence-electron chi connectivity index (χ0n) is 15.7. The number of nitrogens with one attached hydrogen (secondary N) is 2. The zero-order chi connectivity index (χ0) is 19.4. The number of ether oxygens (including phenoxy) is 1. The highest BCUT2D eigenvalue weighted by molar-refractivity contribution is 6.01. The van der Waals surface area contributed by atoms with E-state index in [9.17, 15) is 9.59 Å². The van der Waals surface area contributed by atoms with Crippen LogP contribution in [0.5, 0.6) is 5.75 Å². The molecule has 1 aromatic heterocycles. The average Bonchev–Trinajstić information content (AvgIpc) is 3.10. The van der Waals surface area contributed by atoms with Crippen molar-refractivity contribution in [3.05, 3.63) is 59.8 Å². The van der Waals surface area contributed by atoms with Crippen LogP contribution in [-0.4, -0.2) is 42.4 Å². The van der Waals surface area contributed by atoms with Crippen molar-refractivity contribution in [2.45, 2.75) is 13.3 Å². The molecule has 0 radical (unpaired) electrons. The topological polar surface area (TPSA) is 74.4 Å². The summed E-state index contributed by atoms with van der Waals surface area (Å²) in [6.07, 6.45) is 0.823. The van der Waals surface area contributed by atoms with Crippen LogP contribution in [0.2, 0.25) is 0 Å². The monoisotopic (exact) mass is 365 g/mol. The van der Waals surface area contributed by atoms with E-state index < -0.39 is 0 Å². The number of carbonyl (C=O) groups excluding carboxylic acids is 2. The Morgan fingerprint density at radius 1 is 1.15 bits per heavy atom. The van der Waals surface area contributed by atoms with Gasteiger partial charge in [0.25, 0.3) is 5.91 Å². The predicted molar refractivity (Wildman–Crippen MR) is 106 cm³/mol. The van der Waals surface area contributed by atoms with Crippen molar-refractivity contribution in [2.24, 2.45) is 0 Å². The molecule has 2 amide bonds. The van der Waals surface area contributed by atoms with Crippen molar-refractivity contribution < 1.29 is 14.3 Å². The van der Waals surface area contributed by atoms with E-state index in [2.05, 4.69) is 10.3 Å². The summed E-state index contributed by atoms with van der Waals surface area (Å²) in [5, 5.41) is 3.79. The quantitative estimate of drug-likeness (QED) is 0.703. The number of fused-ring (bicyclic) bond motifs is 1. The maximum Gasteiger partial charge on any atom is 0.270 e. The van der Waals surface area contributed by atoms with Gasteiger partial charge in [0.1, 0.15) is 11.4 Å². The van der Waals surface area contributed by atoms with E-state index in [0.29, 0.717) is 11.4 Å².